The minimum Gasteiger partial charge on any atom is -0.432 e. The van der Waals surface area contributed by atoms with E-state index in [9.17, 15) is 10.1 Å². The number of rotatable bonds is 5. The van der Waals surface area contributed by atoms with Crippen LogP contribution < -0.4 is 10.1 Å². The molecule has 0 aliphatic carbocycles. The minimum atomic E-state index is -0.592. The number of halogens is 2. The zero-order chi connectivity index (χ0) is 15.4. The van der Waals surface area contributed by atoms with Crippen LogP contribution in [0.3, 0.4) is 0 Å². The van der Waals surface area contributed by atoms with Gasteiger partial charge in [-0.2, -0.15) is 4.98 Å². The van der Waals surface area contributed by atoms with Gasteiger partial charge >= 0.3 is 5.69 Å². The average molecular weight is 328 g/mol. The molecule has 0 amide bonds. The third-order valence-electron chi connectivity index (χ3n) is 2.49. The van der Waals surface area contributed by atoms with Crippen molar-refractivity contribution >= 4 is 34.7 Å². The third kappa shape index (κ3) is 3.74. The van der Waals surface area contributed by atoms with E-state index >= 15 is 0 Å². The summed E-state index contributed by atoms with van der Waals surface area (Å²) in [6.07, 6.45) is 0. The second kappa shape index (κ2) is 6.60. The lowest BCUT2D eigenvalue weighted by Gasteiger charge is -2.08. The molecule has 0 saturated heterocycles. The van der Waals surface area contributed by atoms with Gasteiger partial charge in [0.2, 0.25) is 11.6 Å². The predicted octanol–water partition coefficient (Wildman–Crippen LogP) is 4.52. The summed E-state index contributed by atoms with van der Waals surface area (Å²) in [6.45, 7) is 2.63. The van der Waals surface area contributed by atoms with Gasteiger partial charge in [0.15, 0.2) is 0 Å². The summed E-state index contributed by atoms with van der Waals surface area (Å²) < 4.78 is 5.46. The zero-order valence-corrected chi connectivity index (χ0v) is 12.5. The Hall–Kier alpha value is -2.05. The van der Waals surface area contributed by atoms with Crippen molar-refractivity contribution in [2.45, 2.75) is 6.92 Å². The number of ether oxygens (including phenoxy) is 1. The fourth-order valence-corrected chi connectivity index (χ4v) is 1.92. The first-order chi connectivity index (χ1) is 10.0. The Balaban J connectivity index is 2.36. The third-order valence-corrected chi connectivity index (χ3v) is 3.22. The van der Waals surface area contributed by atoms with E-state index in [1.165, 1.54) is 6.07 Å². The Morgan fingerprint density at radius 3 is 2.71 bits per heavy atom. The number of benzene rings is 1. The number of aromatic nitrogens is 1. The Kier molecular flexibility index (Phi) is 4.82. The van der Waals surface area contributed by atoms with E-state index < -0.39 is 4.92 Å². The van der Waals surface area contributed by atoms with Crippen molar-refractivity contribution in [3.05, 3.63) is 50.5 Å². The summed E-state index contributed by atoms with van der Waals surface area (Å²) in [6, 6.07) is 7.52. The van der Waals surface area contributed by atoms with Gasteiger partial charge in [-0.25, -0.2) is 0 Å². The summed E-state index contributed by atoms with van der Waals surface area (Å²) in [7, 11) is 0. The van der Waals surface area contributed by atoms with Crippen LogP contribution in [0.1, 0.15) is 6.92 Å². The molecule has 0 bridgehead atoms. The number of nitrogens with zero attached hydrogens (tertiary/aromatic N) is 2. The van der Waals surface area contributed by atoms with E-state index in [0.717, 1.165) is 6.07 Å². The molecular formula is C13H11Cl2N3O3. The lowest BCUT2D eigenvalue weighted by atomic mass is 10.3. The number of pyridine rings is 1. The standard InChI is InChI=1S/C13H11Cl2N3O3/c1-2-16-12-4-3-5-13(17-12)21-11-7-9(15)8(14)6-10(11)18(19)20/h3-7H,2H2,1H3,(H,16,17). The van der Waals surface area contributed by atoms with Crippen LogP contribution in [0.5, 0.6) is 11.6 Å². The van der Waals surface area contributed by atoms with Crippen molar-refractivity contribution in [3.63, 3.8) is 0 Å². The van der Waals surface area contributed by atoms with Gasteiger partial charge < -0.3 is 10.1 Å². The van der Waals surface area contributed by atoms with E-state index in [2.05, 4.69) is 10.3 Å². The SMILES string of the molecule is CCNc1cccc(Oc2cc(Cl)c(Cl)cc2[N+](=O)[O-])n1. The molecular weight excluding hydrogens is 317 g/mol. The highest BCUT2D eigenvalue weighted by Crippen LogP contribution is 2.37. The molecule has 2 aromatic rings. The molecule has 110 valence electrons. The summed E-state index contributed by atoms with van der Waals surface area (Å²) >= 11 is 11.7. The summed E-state index contributed by atoms with van der Waals surface area (Å²) in [5.41, 5.74) is -0.278. The van der Waals surface area contributed by atoms with Crippen LogP contribution in [-0.4, -0.2) is 16.5 Å². The summed E-state index contributed by atoms with van der Waals surface area (Å²) in [5, 5.41) is 14.3. The molecule has 0 aliphatic rings. The van der Waals surface area contributed by atoms with Crippen molar-refractivity contribution in [2.24, 2.45) is 0 Å². The number of anilines is 1. The van der Waals surface area contributed by atoms with Gasteiger partial charge in [-0.3, -0.25) is 10.1 Å². The summed E-state index contributed by atoms with van der Waals surface area (Å²) in [4.78, 5) is 14.6. The van der Waals surface area contributed by atoms with E-state index in [4.69, 9.17) is 27.9 Å². The minimum absolute atomic E-state index is 0.0180. The van der Waals surface area contributed by atoms with Crippen molar-refractivity contribution < 1.29 is 9.66 Å². The van der Waals surface area contributed by atoms with Gasteiger partial charge in [0.25, 0.3) is 0 Å². The highest BCUT2D eigenvalue weighted by molar-refractivity contribution is 6.42. The predicted molar refractivity (Wildman–Crippen MR) is 81.6 cm³/mol. The van der Waals surface area contributed by atoms with E-state index in [1.807, 2.05) is 6.92 Å². The normalized spacial score (nSPS) is 10.2. The smallest absolute Gasteiger partial charge is 0.313 e. The molecule has 1 aromatic heterocycles. The molecule has 0 spiro atoms. The molecule has 0 atom stereocenters. The molecule has 0 aliphatic heterocycles. The van der Waals surface area contributed by atoms with Gasteiger partial charge in [0.05, 0.1) is 15.0 Å². The summed E-state index contributed by atoms with van der Waals surface area (Å²) in [5.74, 6) is 0.809. The van der Waals surface area contributed by atoms with Crippen molar-refractivity contribution in [3.8, 4) is 11.6 Å². The number of hydrogen-bond donors (Lipinski definition) is 1. The second-order valence-corrected chi connectivity index (χ2v) is 4.80. The van der Waals surface area contributed by atoms with E-state index in [0.29, 0.717) is 12.4 Å². The maximum absolute atomic E-state index is 11.0. The molecule has 0 fully saturated rings. The molecule has 21 heavy (non-hydrogen) atoms. The monoisotopic (exact) mass is 327 g/mol. The fraction of sp³-hybridized carbons (Fsp3) is 0.154. The van der Waals surface area contributed by atoms with Gasteiger partial charge in [-0.1, -0.05) is 29.3 Å². The molecule has 8 heteroatoms. The molecule has 6 nitrogen and oxygen atoms in total. The molecule has 1 N–H and O–H groups in total. The van der Waals surface area contributed by atoms with Crippen molar-refractivity contribution in [1.82, 2.24) is 4.98 Å². The van der Waals surface area contributed by atoms with Crippen LogP contribution in [0.4, 0.5) is 11.5 Å². The molecule has 0 radical (unpaired) electrons. The van der Waals surface area contributed by atoms with Gasteiger partial charge in [-0.05, 0) is 13.0 Å². The molecule has 0 unspecified atom stereocenters. The highest BCUT2D eigenvalue weighted by atomic mass is 35.5. The highest BCUT2D eigenvalue weighted by Gasteiger charge is 2.19. The first kappa shape index (κ1) is 15.3. The first-order valence-corrected chi connectivity index (χ1v) is 6.79. The van der Waals surface area contributed by atoms with E-state index in [1.54, 1.807) is 18.2 Å². The lowest BCUT2D eigenvalue weighted by Crippen LogP contribution is -2.00. The number of hydrogen-bond acceptors (Lipinski definition) is 5. The van der Waals surface area contributed by atoms with Crippen LogP contribution in [0.2, 0.25) is 10.0 Å². The van der Waals surface area contributed by atoms with Gasteiger partial charge in [0, 0.05) is 24.7 Å². The first-order valence-electron chi connectivity index (χ1n) is 6.03. The molecule has 0 saturated carbocycles. The number of nitro groups is 1. The Labute approximate surface area is 130 Å². The Bertz CT molecular complexity index is 680. The zero-order valence-electron chi connectivity index (χ0n) is 11.0. The van der Waals surface area contributed by atoms with Crippen LogP contribution in [0, 0.1) is 10.1 Å². The van der Waals surface area contributed by atoms with Crippen molar-refractivity contribution in [1.29, 1.82) is 0 Å². The van der Waals surface area contributed by atoms with Crippen molar-refractivity contribution in [2.75, 3.05) is 11.9 Å². The van der Waals surface area contributed by atoms with Crippen LogP contribution in [0.25, 0.3) is 0 Å². The number of nitrogens with one attached hydrogen (secondary N) is 1. The fourth-order valence-electron chi connectivity index (χ4n) is 1.61. The second-order valence-electron chi connectivity index (χ2n) is 3.98. The quantitative estimate of drug-likeness (QED) is 0.645. The maximum Gasteiger partial charge on any atom is 0.313 e. The van der Waals surface area contributed by atoms with E-state index in [-0.39, 0.29) is 27.4 Å². The topological polar surface area (TPSA) is 77.3 Å². The molecule has 1 aromatic carbocycles. The lowest BCUT2D eigenvalue weighted by molar-refractivity contribution is -0.385. The van der Waals surface area contributed by atoms with Gasteiger partial charge in [-0.15, -0.1) is 0 Å². The molecule has 2 rings (SSSR count). The largest absolute Gasteiger partial charge is 0.432 e. The molecule has 1 heterocycles. The van der Waals surface area contributed by atoms with Crippen LogP contribution >= 0.6 is 23.2 Å². The maximum atomic E-state index is 11.0. The van der Waals surface area contributed by atoms with Gasteiger partial charge in [0.1, 0.15) is 5.82 Å². The Morgan fingerprint density at radius 2 is 2.05 bits per heavy atom. The van der Waals surface area contributed by atoms with Crippen LogP contribution in [-0.2, 0) is 0 Å². The average Bonchev–Trinajstić information content (AvgIpc) is 2.43. The van der Waals surface area contributed by atoms with Crippen LogP contribution in [0.15, 0.2) is 30.3 Å². The number of nitro benzene ring substituents is 1. The Morgan fingerprint density at radius 1 is 1.33 bits per heavy atom.